The molecule has 0 spiro atoms. The maximum atomic E-state index is 14.2. The number of rotatable bonds is 6. The lowest BCUT2D eigenvalue weighted by Gasteiger charge is -2.49. The first-order chi connectivity index (χ1) is 20.0. The maximum absolute atomic E-state index is 14.2. The van der Waals surface area contributed by atoms with E-state index in [-0.39, 0.29) is 22.4 Å². The fraction of sp³-hybridized carbons (Fsp3) is 0.351. The highest BCUT2D eigenvalue weighted by Gasteiger charge is 2.49. The minimum Gasteiger partial charge on any atom is -0.489 e. The number of ketones is 2. The molecule has 0 unspecified atom stereocenters. The second kappa shape index (κ2) is 11.0. The number of Topliss-reactive ketones (excluding diaryl/α,β-unsaturated/α-hetero) is 2. The average molecular weight is 625 g/mol. The van der Waals surface area contributed by atoms with Crippen molar-refractivity contribution in [3.05, 3.63) is 123 Å². The molecule has 0 amide bonds. The third-order valence-electron chi connectivity index (χ3n) is 8.74. The molecule has 4 nitrogen and oxygen atoms in total. The number of carbonyl (C=O) groups excluding carboxylic acids is 2. The summed E-state index contributed by atoms with van der Waals surface area (Å²) in [4.78, 5) is 30.7. The Morgan fingerprint density at radius 3 is 1.86 bits per heavy atom. The van der Waals surface area contributed by atoms with Gasteiger partial charge in [0.15, 0.2) is 11.6 Å². The van der Waals surface area contributed by atoms with Gasteiger partial charge in [-0.2, -0.15) is 0 Å². The van der Waals surface area contributed by atoms with Crippen LogP contribution in [0.4, 0.5) is 0 Å². The number of allylic oxidation sites excluding steroid dienone is 4. The van der Waals surface area contributed by atoms with Gasteiger partial charge in [0.25, 0.3) is 0 Å². The van der Waals surface area contributed by atoms with E-state index in [9.17, 15) is 9.59 Å². The van der Waals surface area contributed by atoms with Gasteiger partial charge in [0.2, 0.25) is 0 Å². The van der Waals surface area contributed by atoms with Crippen LogP contribution >= 0.6 is 15.9 Å². The van der Waals surface area contributed by atoms with Crippen molar-refractivity contribution in [2.45, 2.75) is 72.4 Å². The van der Waals surface area contributed by atoms with Gasteiger partial charge in [0, 0.05) is 57.9 Å². The van der Waals surface area contributed by atoms with Crippen molar-refractivity contribution in [3.63, 3.8) is 0 Å². The molecular formula is C37H38BrNO3. The van der Waals surface area contributed by atoms with Crippen molar-refractivity contribution in [2.24, 2.45) is 10.8 Å². The summed E-state index contributed by atoms with van der Waals surface area (Å²) in [5.41, 5.74) is 6.46. The molecular weight excluding hydrogens is 586 g/mol. The van der Waals surface area contributed by atoms with E-state index in [1.807, 2.05) is 54.6 Å². The Kier molecular flexibility index (Phi) is 7.51. The van der Waals surface area contributed by atoms with E-state index >= 15 is 0 Å². The summed E-state index contributed by atoms with van der Waals surface area (Å²) in [6.07, 6.45) is 2.49. The third kappa shape index (κ3) is 5.64. The van der Waals surface area contributed by atoms with E-state index < -0.39 is 5.92 Å². The summed E-state index contributed by atoms with van der Waals surface area (Å²) in [5.74, 6) is 0.554. The lowest BCUT2D eigenvalue weighted by molar-refractivity contribution is -0.119. The molecule has 1 aliphatic heterocycles. The van der Waals surface area contributed by atoms with Gasteiger partial charge in [-0.1, -0.05) is 104 Å². The molecule has 0 atom stereocenters. The van der Waals surface area contributed by atoms with Gasteiger partial charge in [0.05, 0.1) is 0 Å². The van der Waals surface area contributed by atoms with Crippen LogP contribution in [0.3, 0.4) is 0 Å². The van der Waals surface area contributed by atoms with E-state index in [0.717, 1.165) is 56.7 Å². The Labute approximate surface area is 257 Å². The first-order valence-corrected chi connectivity index (χ1v) is 15.6. The predicted molar refractivity (Wildman–Crippen MR) is 170 cm³/mol. The number of ether oxygens (including phenoxy) is 1. The van der Waals surface area contributed by atoms with Crippen molar-refractivity contribution < 1.29 is 14.3 Å². The van der Waals surface area contributed by atoms with Crippen molar-refractivity contribution in [2.75, 3.05) is 0 Å². The largest absolute Gasteiger partial charge is 0.489 e. The van der Waals surface area contributed by atoms with E-state index in [4.69, 9.17) is 4.74 Å². The summed E-state index contributed by atoms with van der Waals surface area (Å²) in [5, 5.41) is 0. The van der Waals surface area contributed by atoms with Gasteiger partial charge in [-0.15, -0.1) is 0 Å². The highest BCUT2D eigenvalue weighted by molar-refractivity contribution is 9.10. The highest BCUT2D eigenvalue weighted by atomic mass is 79.9. The normalized spacial score (nSPS) is 20.0. The molecule has 1 heterocycles. The molecule has 0 aromatic heterocycles. The molecule has 3 aliphatic rings. The molecule has 0 saturated heterocycles. The van der Waals surface area contributed by atoms with Gasteiger partial charge < -0.3 is 9.64 Å². The van der Waals surface area contributed by atoms with Gasteiger partial charge in [-0.25, -0.2) is 0 Å². The molecule has 2 aliphatic carbocycles. The molecule has 0 radical (unpaired) electrons. The first kappa shape index (κ1) is 28.7. The van der Waals surface area contributed by atoms with Gasteiger partial charge >= 0.3 is 0 Å². The second-order valence-electron chi connectivity index (χ2n) is 13.6. The zero-order valence-corrected chi connectivity index (χ0v) is 26.5. The molecule has 0 saturated carbocycles. The minimum atomic E-state index is -0.435. The van der Waals surface area contributed by atoms with Gasteiger partial charge in [-0.3, -0.25) is 9.59 Å². The van der Waals surface area contributed by atoms with Crippen LogP contribution in [0, 0.1) is 10.8 Å². The summed E-state index contributed by atoms with van der Waals surface area (Å²) in [6.45, 7) is 9.76. The van der Waals surface area contributed by atoms with Crippen molar-refractivity contribution >= 4 is 27.5 Å². The Bertz CT molecular complexity index is 1540. The molecule has 0 bridgehead atoms. The van der Waals surface area contributed by atoms with Gasteiger partial charge in [0.1, 0.15) is 12.4 Å². The quantitative estimate of drug-likeness (QED) is 0.275. The smallest absolute Gasteiger partial charge is 0.162 e. The maximum Gasteiger partial charge on any atom is 0.162 e. The molecule has 216 valence electrons. The number of halogens is 1. The standard InChI is InChI=1S/C37H38BrNO3/c1-36(2)18-28-34(30(40)20-36)33(27-12-8-9-13-32(27)42-23-25-14-16-26(38)17-15-25)35-29(19-37(3,4)21-31(35)41)39(28)22-24-10-6-5-7-11-24/h5-17,33H,18-23H2,1-4H3. The van der Waals surface area contributed by atoms with E-state index in [1.54, 1.807) is 0 Å². The van der Waals surface area contributed by atoms with Crippen LogP contribution in [0.15, 0.2) is 106 Å². The Morgan fingerprint density at radius 1 is 0.714 bits per heavy atom. The predicted octanol–water partition coefficient (Wildman–Crippen LogP) is 8.91. The number of para-hydroxylation sites is 1. The average Bonchev–Trinajstić information content (AvgIpc) is 2.93. The molecule has 0 fully saturated rings. The Morgan fingerprint density at radius 2 is 1.26 bits per heavy atom. The van der Waals surface area contributed by atoms with Crippen molar-refractivity contribution in [3.8, 4) is 5.75 Å². The van der Waals surface area contributed by atoms with Crippen LogP contribution in [0.25, 0.3) is 0 Å². The van der Waals surface area contributed by atoms with Crippen molar-refractivity contribution in [1.29, 1.82) is 0 Å². The fourth-order valence-corrected chi connectivity index (χ4v) is 7.17. The lowest BCUT2D eigenvalue weighted by atomic mass is 9.63. The fourth-order valence-electron chi connectivity index (χ4n) is 6.91. The van der Waals surface area contributed by atoms with Crippen LogP contribution in [0.1, 0.15) is 76.0 Å². The number of benzene rings is 3. The van der Waals surface area contributed by atoms with Crippen LogP contribution in [-0.2, 0) is 22.7 Å². The second-order valence-corrected chi connectivity index (χ2v) is 14.5. The summed E-state index contributed by atoms with van der Waals surface area (Å²) in [6, 6.07) is 26.4. The SMILES string of the molecule is CC1(C)CC(=O)C2=C(C1)N(Cc1ccccc1)C1=C(C(=O)CC(C)(C)C1)C2c1ccccc1OCc1ccc(Br)cc1. The van der Waals surface area contributed by atoms with Crippen LogP contribution in [0.2, 0.25) is 0 Å². The molecule has 5 heteroatoms. The third-order valence-corrected chi connectivity index (χ3v) is 9.27. The summed E-state index contributed by atoms with van der Waals surface area (Å²) >= 11 is 3.50. The molecule has 3 aromatic rings. The molecule has 0 N–H and O–H groups in total. The zero-order chi connectivity index (χ0) is 29.6. The number of nitrogens with zero attached hydrogens (tertiary/aromatic N) is 1. The van der Waals surface area contributed by atoms with E-state index in [1.165, 1.54) is 5.56 Å². The highest BCUT2D eigenvalue weighted by Crippen LogP contribution is 2.55. The number of carbonyl (C=O) groups is 2. The monoisotopic (exact) mass is 623 g/mol. The van der Waals surface area contributed by atoms with E-state index in [2.05, 4.69) is 72.8 Å². The molecule has 6 rings (SSSR count). The summed E-state index contributed by atoms with van der Waals surface area (Å²) < 4.78 is 7.47. The number of hydrogen-bond donors (Lipinski definition) is 0. The van der Waals surface area contributed by atoms with Crippen LogP contribution in [-0.4, -0.2) is 16.5 Å². The van der Waals surface area contributed by atoms with E-state index in [0.29, 0.717) is 26.0 Å². The zero-order valence-electron chi connectivity index (χ0n) is 24.9. The number of hydrogen-bond acceptors (Lipinski definition) is 4. The molecule has 3 aromatic carbocycles. The minimum absolute atomic E-state index is 0.135. The molecule has 42 heavy (non-hydrogen) atoms. The van der Waals surface area contributed by atoms with Crippen LogP contribution < -0.4 is 4.74 Å². The van der Waals surface area contributed by atoms with Crippen molar-refractivity contribution in [1.82, 2.24) is 4.90 Å². The Balaban J connectivity index is 1.52. The van der Waals surface area contributed by atoms with Gasteiger partial charge in [-0.05, 0) is 53.0 Å². The Hall–Kier alpha value is -3.44. The summed E-state index contributed by atoms with van der Waals surface area (Å²) in [7, 11) is 0. The topological polar surface area (TPSA) is 46.6 Å². The first-order valence-electron chi connectivity index (χ1n) is 14.8. The van der Waals surface area contributed by atoms with Crippen LogP contribution in [0.5, 0.6) is 5.75 Å². The lowest BCUT2D eigenvalue weighted by Crippen LogP contribution is -2.44.